The van der Waals surface area contributed by atoms with Crippen LogP contribution >= 0.6 is 11.6 Å². The summed E-state index contributed by atoms with van der Waals surface area (Å²) in [5.74, 6) is 0. The Kier molecular flexibility index (Phi) is 4.06. The Morgan fingerprint density at radius 2 is 2.33 bits per heavy atom. The Hall–Kier alpha value is -0.0500. The van der Waals surface area contributed by atoms with Crippen LogP contribution in [0.1, 0.15) is 19.3 Å². The second-order valence-corrected chi connectivity index (χ2v) is 3.85. The van der Waals surface area contributed by atoms with Crippen LogP contribution in [0.5, 0.6) is 0 Å². The molecule has 1 fully saturated rings. The molecule has 3 heteroatoms. The van der Waals surface area contributed by atoms with Gasteiger partial charge in [-0.15, -0.1) is 0 Å². The van der Waals surface area contributed by atoms with E-state index >= 15 is 0 Å². The van der Waals surface area contributed by atoms with E-state index < -0.39 is 0 Å². The molecule has 1 N–H and O–H groups in total. The maximum atomic E-state index is 9.06. The molecule has 0 amide bonds. The third-order valence-electron chi connectivity index (χ3n) is 2.33. The van der Waals surface area contributed by atoms with Crippen LogP contribution in [0.3, 0.4) is 0 Å². The van der Waals surface area contributed by atoms with Gasteiger partial charge in [0.25, 0.3) is 0 Å². The summed E-state index contributed by atoms with van der Waals surface area (Å²) < 4.78 is 0. The smallest absolute Gasteiger partial charge is 0.0587 e. The summed E-state index contributed by atoms with van der Waals surface area (Å²) in [5, 5.41) is 9.72. The maximum absolute atomic E-state index is 9.06. The van der Waals surface area contributed by atoms with Crippen LogP contribution in [0.2, 0.25) is 0 Å². The average molecular weight is 190 g/mol. The minimum atomic E-state index is 0.240. The molecular formula is C9H16ClNO. The van der Waals surface area contributed by atoms with Gasteiger partial charge in [-0.25, -0.2) is 0 Å². The summed E-state index contributed by atoms with van der Waals surface area (Å²) in [7, 11) is 0. The average Bonchev–Trinajstić information content (AvgIpc) is 2.04. The van der Waals surface area contributed by atoms with Crippen LogP contribution in [0.25, 0.3) is 0 Å². The summed E-state index contributed by atoms with van der Waals surface area (Å²) >= 11 is 5.72. The fourth-order valence-electron chi connectivity index (χ4n) is 1.70. The molecule has 1 aliphatic heterocycles. The van der Waals surface area contributed by atoms with Crippen molar-refractivity contribution in [2.24, 2.45) is 0 Å². The van der Waals surface area contributed by atoms with Crippen molar-refractivity contribution >= 4 is 11.6 Å². The molecule has 1 atom stereocenters. The Balaban J connectivity index is 2.41. The second kappa shape index (κ2) is 4.85. The largest absolute Gasteiger partial charge is 0.395 e. The SMILES string of the molecule is C=C(Cl)CN1CCCCC1CO. The predicted molar refractivity (Wildman–Crippen MR) is 51.3 cm³/mol. The van der Waals surface area contributed by atoms with E-state index in [0.717, 1.165) is 13.0 Å². The van der Waals surface area contributed by atoms with E-state index in [-0.39, 0.29) is 6.61 Å². The molecule has 1 unspecified atom stereocenters. The third kappa shape index (κ3) is 2.77. The Morgan fingerprint density at radius 1 is 1.58 bits per heavy atom. The topological polar surface area (TPSA) is 23.5 Å². The number of piperidine rings is 1. The van der Waals surface area contributed by atoms with Gasteiger partial charge in [0.1, 0.15) is 0 Å². The van der Waals surface area contributed by atoms with E-state index in [1.54, 1.807) is 0 Å². The van der Waals surface area contributed by atoms with Crippen LogP contribution in [-0.2, 0) is 0 Å². The number of likely N-dealkylation sites (tertiary alicyclic amines) is 1. The van der Waals surface area contributed by atoms with Crippen LogP contribution in [0, 0.1) is 0 Å². The van der Waals surface area contributed by atoms with Gasteiger partial charge < -0.3 is 5.11 Å². The first-order chi connectivity index (χ1) is 5.74. The summed E-state index contributed by atoms with van der Waals surface area (Å²) in [5.41, 5.74) is 0. The first-order valence-corrected chi connectivity index (χ1v) is 4.80. The number of aliphatic hydroxyl groups is 1. The van der Waals surface area contributed by atoms with Crippen molar-refractivity contribution in [3.63, 3.8) is 0 Å². The first kappa shape index (κ1) is 10.0. The number of hydrogen-bond donors (Lipinski definition) is 1. The lowest BCUT2D eigenvalue weighted by atomic mass is 10.0. The van der Waals surface area contributed by atoms with Gasteiger partial charge in [0.15, 0.2) is 0 Å². The Bertz CT molecular complexity index is 161. The number of nitrogens with zero attached hydrogens (tertiary/aromatic N) is 1. The van der Waals surface area contributed by atoms with Gasteiger partial charge in [-0.3, -0.25) is 4.90 Å². The van der Waals surface area contributed by atoms with E-state index in [2.05, 4.69) is 11.5 Å². The van der Waals surface area contributed by atoms with Crippen molar-refractivity contribution in [2.75, 3.05) is 19.7 Å². The van der Waals surface area contributed by atoms with E-state index in [4.69, 9.17) is 16.7 Å². The van der Waals surface area contributed by atoms with Gasteiger partial charge in [-0.2, -0.15) is 0 Å². The molecule has 70 valence electrons. The molecule has 12 heavy (non-hydrogen) atoms. The minimum Gasteiger partial charge on any atom is -0.395 e. The predicted octanol–water partition coefficient (Wildman–Crippen LogP) is 1.59. The molecular weight excluding hydrogens is 174 g/mol. The Labute approximate surface area is 78.8 Å². The zero-order valence-electron chi connectivity index (χ0n) is 7.30. The number of aliphatic hydroxyl groups excluding tert-OH is 1. The van der Waals surface area contributed by atoms with Gasteiger partial charge in [0.2, 0.25) is 0 Å². The third-order valence-corrected chi connectivity index (χ3v) is 2.45. The second-order valence-electron chi connectivity index (χ2n) is 3.32. The maximum Gasteiger partial charge on any atom is 0.0587 e. The van der Waals surface area contributed by atoms with E-state index in [1.165, 1.54) is 12.8 Å². The monoisotopic (exact) mass is 189 g/mol. The molecule has 0 radical (unpaired) electrons. The molecule has 0 bridgehead atoms. The molecule has 0 aliphatic carbocycles. The van der Waals surface area contributed by atoms with Crippen molar-refractivity contribution in [2.45, 2.75) is 25.3 Å². The molecule has 0 spiro atoms. The molecule has 0 aromatic rings. The summed E-state index contributed by atoms with van der Waals surface area (Å²) in [6, 6.07) is 0.300. The minimum absolute atomic E-state index is 0.240. The standard InChI is InChI=1S/C9H16ClNO/c1-8(10)6-11-5-3-2-4-9(11)7-12/h9,12H,1-7H2. The van der Waals surface area contributed by atoms with Crippen molar-refractivity contribution in [3.05, 3.63) is 11.6 Å². The molecule has 0 aromatic carbocycles. The van der Waals surface area contributed by atoms with Crippen molar-refractivity contribution < 1.29 is 5.11 Å². The molecule has 1 saturated heterocycles. The summed E-state index contributed by atoms with van der Waals surface area (Å²) in [6.07, 6.45) is 3.51. The fraction of sp³-hybridized carbons (Fsp3) is 0.778. The fourth-order valence-corrected chi connectivity index (χ4v) is 1.85. The van der Waals surface area contributed by atoms with Gasteiger partial charge in [0.05, 0.1) is 6.61 Å². The van der Waals surface area contributed by atoms with Crippen molar-refractivity contribution in [1.29, 1.82) is 0 Å². The van der Waals surface area contributed by atoms with Gasteiger partial charge in [-0.1, -0.05) is 24.6 Å². The van der Waals surface area contributed by atoms with Crippen LogP contribution < -0.4 is 0 Å². The highest BCUT2D eigenvalue weighted by molar-refractivity contribution is 6.29. The lowest BCUT2D eigenvalue weighted by molar-refractivity contribution is 0.100. The van der Waals surface area contributed by atoms with E-state index in [9.17, 15) is 0 Å². The summed E-state index contributed by atoms with van der Waals surface area (Å²) in [6.45, 7) is 5.65. The highest BCUT2D eigenvalue weighted by Gasteiger charge is 2.21. The van der Waals surface area contributed by atoms with Gasteiger partial charge >= 0.3 is 0 Å². The van der Waals surface area contributed by atoms with Crippen LogP contribution in [0.15, 0.2) is 11.6 Å². The number of rotatable bonds is 3. The highest BCUT2D eigenvalue weighted by Crippen LogP contribution is 2.18. The summed E-state index contributed by atoms with van der Waals surface area (Å²) in [4.78, 5) is 2.21. The van der Waals surface area contributed by atoms with Crippen molar-refractivity contribution in [3.8, 4) is 0 Å². The molecule has 1 heterocycles. The van der Waals surface area contributed by atoms with Gasteiger partial charge in [-0.05, 0) is 19.4 Å². The zero-order valence-corrected chi connectivity index (χ0v) is 8.06. The molecule has 0 saturated carbocycles. The van der Waals surface area contributed by atoms with Crippen LogP contribution in [-0.4, -0.2) is 35.7 Å². The molecule has 1 aliphatic rings. The van der Waals surface area contributed by atoms with Crippen LogP contribution in [0.4, 0.5) is 0 Å². The Morgan fingerprint density at radius 3 is 2.92 bits per heavy atom. The zero-order chi connectivity index (χ0) is 8.97. The van der Waals surface area contributed by atoms with Gasteiger partial charge in [0, 0.05) is 17.6 Å². The van der Waals surface area contributed by atoms with Crippen molar-refractivity contribution in [1.82, 2.24) is 4.90 Å². The normalized spacial score (nSPS) is 25.7. The quantitative estimate of drug-likeness (QED) is 0.729. The first-order valence-electron chi connectivity index (χ1n) is 4.42. The lowest BCUT2D eigenvalue weighted by Gasteiger charge is -2.34. The molecule has 1 rings (SSSR count). The molecule has 2 nitrogen and oxygen atoms in total. The lowest BCUT2D eigenvalue weighted by Crippen LogP contribution is -2.42. The number of halogens is 1. The van der Waals surface area contributed by atoms with E-state index in [1.807, 2.05) is 0 Å². The highest BCUT2D eigenvalue weighted by atomic mass is 35.5. The van der Waals surface area contributed by atoms with E-state index in [0.29, 0.717) is 17.6 Å². The molecule has 0 aromatic heterocycles. The number of hydrogen-bond acceptors (Lipinski definition) is 2.